The van der Waals surface area contributed by atoms with Crippen molar-refractivity contribution in [1.82, 2.24) is 20.4 Å². The minimum absolute atomic E-state index is 0.140. The number of pyridine rings is 1. The molecule has 2 aromatic heterocycles. The van der Waals surface area contributed by atoms with E-state index in [0.29, 0.717) is 23.9 Å². The Morgan fingerprint density at radius 3 is 2.79 bits per heavy atom. The maximum atomic E-state index is 12.9. The summed E-state index contributed by atoms with van der Waals surface area (Å²) in [5, 5.41) is 6.38. The average Bonchev–Trinajstić information content (AvgIpc) is 3.17. The average molecular weight is 393 g/mol. The molecule has 3 heterocycles. The van der Waals surface area contributed by atoms with E-state index >= 15 is 0 Å². The van der Waals surface area contributed by atoms with E-state index in [0.717, 1.165) is 5.56 Å². The summed E-state index contributed by atoms with van der Waals surface area (Å²) in [6.45, 7) is 1.70. The van der Waals surface area contributed by atoms with Gasteiger partial charge in [-0.25, -0.2) is 4.98 Å². The molecule has 0 bridgehead atoms. The van der Waals surface area contributed by atoms with Crippen molar-refractivity contribution >= 4 is 17.6 Å². The summed E-state index contributed by atoms with van der Waals surface area (Å²) in [7, 11) is 1.58. The molecule has 1 aliphatic rings. The lowest BCUT2D eigenvalue weighted by Gasteiger charge is -2.22. The predicted molar refractivity (Wildman–Crippen MR) is 103 cm³/mol. The first-order valence-corrected chi connectivity index (χ1v) is 9.09. The molecule has 3 aromatic rings. The van der Waals surface area contributed by atoms with Crippen LogP contribution >= 0.6 is 0 Å². The quantitative estimate of drug-likeness (QED) is 0.717. The predicted octanol–water partition coefficient (Wildman–Crippen LogP) is 1.60. The molecule has 148 valence electrons. The van der Waals surface area contributed by atoms with Crippen molar-refractivity contribution in [1.29, 1.82) is 0 Å². The highest BCUT2D eigenvalue weighted by Crippen LogP contribution is 2.29. The van der Waals surface area contributed by atoms with Crippen LogP contribution < -0.4 is 15.0 Å². The Hall–Kier alpha value is -3.75. The number of hydrogen-bond donors (Lipinski definition) is 1. The van der Waals surface area contributed by atoms with Gasteiger partial charge in [-0.05, 0) is 24.6 Å². The fourth-order valence-corrected chi connectivity index (χ4v) is 3.08. The molecule has 2 atom stereocenters. The lowest BCUT2D eigenvalue weighted by Crippen LogP contribution is -2.53. The molecule has 1 aromatic carbocycles. The summed E-state index contributed by atoms with van der Waals surface area (Å²) in [4.78, 5) is 35.2. The molecule has 0 radical (unpaired) electrons. The Kier molecular flexibility index (Phi) is 4.94. The van der Waals surface area contributed by atoms with E-state index in [-0.39, 0.29) is 11.7 Å². The van der Waals surface area contributed by atoms with Gasteiger partial charge >= 0.3 is 0 Å². The number of nitrogens with zero attached hydrogens (tertiary/aromatic N) is 4. The molecule has 9 nitrogen and oxygen atoms in total. The number of carbonyl (C=O) groups is 2. The van der Waals surface area contributed by atoms with Gasteiger partial charge in [-0.2, -0.15) is 4.98 Å². The summed E-state index contributed by atoms with van der Waals surface area (Å²) in [5.74, 6) is 0.0682. The van der Waals surface area contributed by atoms with Crippen molar-refractivity contribution in [2.24, 2.45) is 0 Å². The van der Waals surface area contributed by atoms with E-state index in [1.165, 1.54) is 4.90 Å². The van der Waals surface area contributed by atoms with E-state index in [2.05, 4.69) is 20.4 Å². The van der Waals surface area contributed by atoms with Crippen LogP contribution in [0.1, 0.15) is 29.0 Å². The van der Waals surface area contributed by atoms with Crippen molar-refractivity contribution in [2.75, 3.05) is 11.9 Å². The van der Waals surface area contributed by atoms with Gasteiger partial charge in [0.2, 0.25) is 5.89 Å². The number of likely N-dealkylation sites (N-methyl/N-ethyl adjacent to an activating group) is 1. The number of nitrogens with one attached hydrogen (secondary N) is 1. The lowest BCUT2D eigenvalue weighted by molar-refractivity contribution is -0.121. The zero-order valence-corrected chi connectivity index (χ0v) is 15.9. The molecule has 29 heavy (non-hydrogen) atoms. The Bertz CT molecular complexity index is 1040. The number of fused-ring (bicyclic) bond motifs is 1. The lowest BCUT2D eigenvalue weighted by atomic mass is 10.1. The molecule has 0 aliphatic carbocycles. The summed E-state index contributed by atoms with van der Waals surface area (Å²) < 4.78 is 11.0. The number of rotatable bonds is 4. The van der Waals surface area contributed by atoms with Gasteiger partial charge in [0.1, 0.15) is 12.1 Å². The molecule has 2 unspecified atom stereocenters. The van der Waals surface area contributed by atoms with Crippen LogP contribution in [-0.2, 0) is 11.2 Å². The fraction of sp³-hybridized carbons (Fsp3) is 0.250. The summed E-state index contributed by atoms with van der Waals surface area (Å²) in [6, 6.07) is 12.1. The third-order valence-electron chi connectivity index (χ3n) is 4.60. The molecule has 1 aliphatic heterocycles. The molecule has 9 heteroatoms. The van der Waals surface area contributed by atoms with E-state index in [9.17, 15) is 9.59 Å². The fourth-order valence-electron chi connectivity index (χ4n) is 3.08. The molecule has 0 saturated heterocycles. The van der Waals surface area contributed by atoms with Gasteiger partial charge in [-0.1, -0.05) is 35.5 Å². The summed E-state index contributed by atoms with van der Waals surface area (Å²) >= 11 is 0. The molecule has 2 amide bonds. The molecule has 4 rings (SSSR count). The second-order valence-corrected chi connectivity index (χ2v) is 6.67. The minimum atomic E-state index is -0.933. The van der Waals surface area contributed by atoms with Crippen LogP contribution in [0.4, 0.5) is 5.82 Å². The van der Waals surface area contributed by atoms with Crippen molar-refractivity contribution in [3.8, 4) is 5.75 Å². The van der Waals surface area contributed by atoms with Gasteiger partial charge in [0.15, 0.2) is 11.6 Å². The standard InChI is InChI=1S/C20H19N5O4/c1-12-16(20(27)25(2)18-14(28-12)9-6-10-21-18)23-19(26)17-22-15(29-24-17)11-13-7-4-3-5-8-13/h3-10,12,16H,11H2,1-2H3,(H,23,26). The Morgan fingerprint density at radius 1 is 1.21 bits per heavy atom. The number of hydrogen-bond acceptors (Lipinski definition) is 7. The maximum absolute atomic E-state index is 12.9. The van der Waals surface area contributed by atoms with Crippen LogP contribution in [-0.4, -0.2) is 46.1 Å². The van der Waals surface area contributed by atoms with Crippen LogP contribution in [0.5, 0.6) is 5.75 Å². The third-order valence-corrected chi connectivity index (χ3v) is 4.60. The van der Waals surface area contributed by atoms with Crippen LogP contribution in [0, 0.1) is 0 Å². The van der Waals surface area contributed by atoms with E-state index in [4.69, 9.17) is 9.26 Å². The SMILES string of the molecule is CC1Oc2cccnc2N(C)C(=O)C1NC(=O)c1noc(Cc2ccccc2)n1. The normalized spacial score (nSPS) is 18.6. The van der Waals surface area contributed by atoms with E-state index in [1.807, 2.05) is 30.3 Å². The van der Waals surface area contributed by atoms with Crippen LogP contribution in [0.3, 0.4) is 0 Å². The second-order valence-electron chi connectivity index (χ2n) is 6.67. The highest BCUT2D eigenvalue weighted by Gasteiger charge is 2.37. The van der Waals surface area contributed by atoms with Crippen LogP contribution in [0.2, 0.25) is 0 Å². The number of anilines is 1. The molecular weight excluding hydrogens is 374 g/mol. The third kappa shape index (κ3) is 3.79. The van der Waals surface area contributed by atoms with Gasteiger partial charge in [0, 0.05) is 13.2 Å². The number of amides is 2. The Balaban J connectivity index is 1.49. The maximum Gasteiger partial charge on any atom is 0.293 e. The summed E-state index contributed by atoms with van der Waals surface area (Å²) in [6.07, 6.45) is 1.37. The van der Waals surface area contributed by atoms with Crippen LogP contribution in [0.25, 0.3) is 0 Å². The molecule has 0 fully saturated rings. The Labute approximate surface area is 166 Å². The van der Waals surface area contributed by atoms with Crippen molar-refractivity contribution in [3.63, 3.8) is 0 Å². The molecular formula is C20H19N5O4. The first-order chi connectivity index (χ1) is 14.0. The zero-order chi connectivity index (χ0) is 20.4. The topological polar surface area (TPSA) is 110 Å². The molecule has 0 saturated carbocycles. The first kappa shape index (κ1) is 18.6. The smallest absolute Gasteiger partial charge is 0.293 e. The highest BCUT2D eigenvalue weighted by molar-refractivity contribution is 6.02. The van der Waals surface area contributed by atoms with Gasteiger partial charge in [0.05, 0.1) is 6.42 Å². The van der Waals surface area contributed by atoms with Crippen LogP contribution in [0.15, 0.2) is 53.2 Å². The monoisotopic (exact) mass is 393 g/mol. The number of carbonyl (C=O) groups excluding carboxylic acids is 2. The largest absolute Gasteiger partial charge is 0.484 e. The van der Waals surface area contributed by atoms with E-state index < -0.39 is 18.1 Å². The van der Waals surface area contributed by atoms with Crippen molar-refractivity contribution in [2.45, 2.75) is 25.5 Å². The highest BCUT2D eigenvalue weighted by atomic mass is 16.5. The second kappa shape index (κ2) is 7.70. The van der Waals surface area contributed by atoms with Gasteiger partial charge in [-0.15, -0.1) is 0 Å². The number of aromatic nitrogens is 3. The summed E-state index contributed by atoms with van der Waals surface area (Å²) in [5.41, 5.74) is 0.982. The first-order valence-electron chi connectivity index (χ1n) is 9.09. The van der Waals surface area contributed by atoms with Gasteiger partial charge in [-0.3, -0.25) is 14.5 Å². The van der Waals surface area contributed by atoms with Gasteiger partial charge < -0.3 is 14.6 Å². The number of ether oxygens (including phenoxy) is 1. The van der Waals surface area contributed by atoms with Crippen molar-refractivity contribution in [3.05, 3.63) is 65.9 Å². The van der Waals surface area contributed by atoms with E-state index in [1.54, 1.807) is 32.3 Å². The Morgan fingerprint density at radius 2 is 2.00 bits per heavy atom. The van der Waals surface area contributed by atoms with Crippen molar-refractivity contribution < 1.29 is 18.8 Å². The number of benzene rings is 1. The molecule has 0 spiro atoms. The minimum Gasteiger partial charge on any atom is -0.484 e. The molecule has 1 N–H and O–H groups in total. The zero-order valence-electron chi connectivity index (χ0n) is 15.9. The van der Waals surface area contributed by atoms with Gasteiger partial charge in [0.25, 0.3) is 17.6 Å².